The van der Waals surface area contributed by atoms with E-state index in [4.69, 9.17) is 21.4 Å². The molecule has 0 aliphatic carbocycles. The fourth-order valence-electron chi connectivity index (χ4n) is 4.36. The van der Waals surface area contributed by atoms with Gasteiger partial charge in [0.1, 0.15) is 11.3 Å². The Morgan fingerprint density at radius 3 is 2.42 bits per heavy atom. The average Bonchev–Trinajstić information content (AvgIpc) is 3.37. The minimum absolute atomic E-state index is 0.0866. The average molecular weight is 594 g/mol. The van der Waals surface area contributed by atoms with Crippen LogP contribution in [0.4, 0.5) is 11.4 Å². The summed E-state index contributed by atoms with van der Waals surface area (Å²) in [4.78, 5) is 29.7. The van der Waals surface area contributed by atoms with Crippen molar-refractivity contribution in [3.63, 3.8) is 0 Å². The van der Waals surface area contributed by atoms with E-state index in [1.54, 1.807) is 24.3 Å². The number of carbonyl (C=O) groups excluding carboxylic acids is 2. The van der Waals surface area contributed by atoms with E-state index in [9.17, 15) is 9.59 Å². The molecule has 10 heteroatoms. The lowest BCUT2D eigenvalue weighted by atomic mass is 10.2. The van der Waals surface area contributed by atoms with E-state index in [1.807, 2.05) is 53.4 Å². The van der Waals surface area contributed by atoms with Crippen LogP contribution in [0.5, 0.6) is 5.75 Å². The minimum atomic E-state index is -0.368. The molecular formula is C28H25BrN4O4S. The van der Waals surface area contributed by atoms with Crippen molar-refractivity contribution in [3.8, 4) is 5.75 Å². The number of anilines is 2. The fraction of sp³-hybridized carbons (Fsp3) is 0.179. The number of halogens is 1. The summed E-state index contributed by atoms with van der Waals surface area (Å²) >= 11 is 8.70. The van der Waals surface area contributed by atoms with Crippen LogP contribution >= 0.6 is 28.1 Å². The van der Waals surface area contributed by atoms with Crippen molar-refractivity contribution in [2.24, 2.45) is 0 Å². The van der Waals surface area contributed by atoms with E-state index in [1.165, 1.54) is 7.11 Å². The summed E-state index contributed by atoms with van der Waals surface area (Å²) in [7, 11) is 1.51. The van der Waals surface area contributed by atoms with E-state index in [2.05, 4.69) is 31.5 Å². The summed E-state index contributed by atoms with van der Waals surface area (Å²) in [5.74, 6) is 0.373. The maximum Gasteiger partial charge on any atom is 0.289 e. The van der Waals surface area contributed by atoms with E-state index >= 15 is 0 Å². The highest BCUT2D eigenvalue weighted by Gasteiger charge is 2.25. The Labute approximate surface area is 233 Å². The number of para-hydroxylation sites is 1. The second-order valence-electron chi connectivity index (χ2n) is 8.73. The predicted molar refractivity (Wildman–Crippen MR) is 155 cm³/mol. The van der Waals surface area contributed by atoms with Gasteiger partial charge in [-0.15, -0.1) is 0 Å². The monoisotopic (exact) mass is 592 g/mol. The van der Waals surface area contributed by atoms with Crippen molar-refractivity contribution < 1.29 is 18.7 Å². The third-order valence-electron chi connectivity index (χ3n) is 6.33. The van der Waals surface area contributed by atoms with Gasteiger partial charge < -0.3 is 24.3 Å². The van der Waals surface area contributed by atoms with E-state index in [-0.39, 0.29) is 16.9 Å². The lowest BCUT2D eigenvalue weighted by Crippen LogP contribution is -2.48. The van der Waals surface area contributed by atoms with Crippen molar-refractivity contribution in [3.05, 3.63) is 88.6 Å². The molecule has 0 spiro atoms. The van der Waals surface area contributed by atoms with Crippen molar-refractivity contribution in [1.82, 2.24) is 10.2 Å². The van der Waals surface area contributed by atoms with E-state index in [0.717, 1.165) is 26.8 Å². The third-order valence-corrected chi connectivity index (χ3v) is 7.02. The lowest BCUT2D eigenvalue weighted by molar-refractivity contribution is 0.0717. The normalized spacial score (nSPS) is 13.3. The summed E-state index contributed by atoms with van der Waals surface area (Å²) in [5.41, 5.74) is 2.88. The van der Waals surface area contributed by atoms with Crippen LogP contribution in [0.15, 0.2) is 81.7 Å². The zero-order valence-electron chi connectivity index (χ0n) is 20.6. The number of fused-ring (bicyclic) bond motifs is 1. The molecule has 3 aromatic carbocycles. The number of nitrogens with zero attached hydrogens (tertiary/aromatic N) is 2. The van der Waals surface area contributed by atoms with Gasteiger partial charge in [-0.1, -0.05) is 34.1 Å². The number of amides is 2. The second-order valence-corrected chi connectivity index (χ2v) is 10.1. The van der Waals surface area contributed by atoms with Crippen LogP contribution in [-0.2, 0) is 0 Å². The highest BCUT2D eigenvalue weighted by Crippen LogP contribution is 2.24. The summed E-state index contributed by atoms with van der Waals surface area (Å²) in [5, 5.41) is 6.84. The topological polar surface area (TPSA) is 87.0 Å². The van der Waals surface area contributed by atoms with Crippen LogP contribution in [0.3, 0.4) is 0 Å². The fourth-order valence-corrected chi connectivity index (χ4v) is 4.93. The molecule has 0 saturated carbocycles. The molecule has 1 saturated heterocycles. The third kappa shape index (κ3) is 5.66. The zero-order chi connectivity index (χ0) is 26.6. The van der Waals surface area contributed by atoms with Crippen molar-refractivity contribution in [2.75, 3.05) is 43.5 Å². The molecule has 1 aliphatic heterocycles. The van der Waals surface area contributed by atoms with Gasteiger partial charge in [0.2, 0.25) is 0 Å². The SMILES string of the molecule is COc1ccc(Br)cc1C(=O)NC(=S)Nc1ccc(N2CCN(C(=O)c3cc4ccccc4o3)CC2)cc1. The number of benzene rings is 3. The smallest absolute Gasteiger partial charge is 0.289 e. The van der Waals surface area contributed by atoms with Gasteiger partial charge in [-0.3, -0.25) is 14.9 Å². The van der Waals surface area contributed by atoms with Gasteiger partial charge in [-0.25, -0.2) is 0 Å². The maximum atomic E-state index is 12.9. The summed E-state index contributed by atoms with van der Waals surface area (Å²) < 4.78 is 11.8. The number of carbonyl (C=O) groups is 2. The number of piperazine rings is 1. The summed E-state index contributed by atoms with van der Waals surface area (Å²) in [6.45, 7) is 2.62. The molecular weight excluding hydrogens is 568 g/mol. The van der Waals surface area contributed by atoms with Gasteiger partial charge in [0.05, 0.1) is 12.7 Å². The largest absolute Gasteiger partial charge is 0.496 e. The summed E-state index contributed by atoms with van der Waals surface area (Å²) in [6, 6.07) is 22.4. The molecule has 1 fully saturated rings. The first-order valence-electron chi connectivity index (χ1n) is 12.0. The van der Waals surface area contributed by atoms with Gasteiger partial charge >= 0.3 is 0 Å². The number of hydrogen-bond acceptors (Lipinski definition) is 6. The molecule has 4 aromatic rings. The first-order chi connectivity index (χ1) is 18.4. The van der Waals surface area contributed by atoms with Crippen LogP contribution in [0.2, 0.25) is 0 Å². The molecule has 2 N–H and O–H groups in total. The van der Waals surface area contributed by atoms with E-state index < -0.39 is 0 Å². The Balaban J connectivity index is 1.14. The first-order valence-corrected chi connectivity index (χ1v) is 13.2. The molecule has 0 unspecified atom stereocenters. The minimum Gasteiger partial charge on any atom is -0.496 e. The molecule has 194 valence electrons. The zero-order valence-corrected chi connectivity index (χ0v) is 23.0. The Morgan fingerprint density at radius 2 is 1.71 bits per heavy atom. The van der Waals surface area contributed by atoms with Crippen LogP contribution in [-0.4, -0.2) is 55.1 Å². The number of thiocarbonyl (C=S) groups is 1. The van der Waals surface area contributed by atoms with Crippen LogP contribution in [0.25, 0.3) is 11.0 Å². The predicted octanol–water partition coefficient (Wildman–Crippen LogP) is 5.29. The number of furan rings is 1. The highest BCUT2D eigenvalue weighted by molar-refractivity contribution is 9.10. The molecule has 2 heterocycles. The Hall–Kier alpha value is -3.89. The molecule has 5 rings (SSSR count). The molecule has 38 heavy (non-hydrogen) atoms. The maximum absolute atomic E-state index is 12.9. The lowest BCUT2D eigenvalue weighted by Gasteiger charge is -2.35. The second kappa shape index (κ2) is 11.2. The standard InChI is InChI=1S/C28H25BrN4O4S/c1-36-24-11-6-19(29)17-22(24)26(34)31-28(38)30-20-7-9-21(10-8-20)32-12-14-33(15-13-32)27(35)25-16-18-4-2-3-5-23(18)37-25/h2-11,16-17H,12-15H2,1H3,(H2,30,31,34,38). The van der Waals surface area contributed by atoms with Crippen molar-refractivity contribution in [1.29, 1.82) is 0 Å². The Kier molecular flexibility index (Phi) is 7.62. The summed E-state index contributed by atoms with van der Waals surface area (Å²) in [6.07, 6.45) is 0. The van der Waals surface area contributed by atoms with Crippen LogP contribution < -0.4 is 20.3 Å². The van der Waals surface area contributed by atoms with Crippen LogP contribution in [0.1, 0.15) is 20.9 Å². The Bertz CT molecular complexity index is 1460. The van der Waals surface area contributed by atoms with Gasteiger partial charge in [-0.2, -0.15) is 0 Å². The molecule has 2 amide bonds. The quantitative estimate of drug-likeness (QED) is 0.304. The Morgan fingerprint density at radius 1 is 0.974 bits per heavy atom. The number of rotatable bonds is 5. The van der Waals surface area contributed by atoms with Crippen molar-refractivity contribution >= 4 is 67.4 Å². The van der Waals surface area contributed by atoms with Crippen molar-refractivity contribution in [2.45, 2.75) is 0 Å². The number of ether oxygens (including phenoxy) is 1. The molecule has 1 aromatic heterocycles. The molecule has 0 bridgehead atoms. The van der Waals surface area contributed by atoms with Crippen LogP contribution in [0, 0.1) is 0 Å². The van der Waals surface area contributed by atoms with Gasteiger partial charge in [0, 0.05) is 47.4 Å². The number of nitrogens with one attached hydrogen (secondary N) is 2. The van der Waals surface area contributed by atoms with Gasteiger partial charge in [-0.05, 0) is 66.8 Å². The molecule has 0 radical (unpaired) electrons. The van der Waals surface area contributed by atoms with Gasteiger partial charge in [0.25, 0.3) is 11.8 Å². The molecule has 8 nitrogen and oxygen atoms in total. The van der Waals surface area contributed by atoms with E-state index in [0.29, 0.717) is 43.3 Å². The number of hydrogen-bond donors (Lipinski definition) is 2. The molecule has 1 aliphatic rings. The molecule has 0 atom stereocenters. The number of methoxy groups -OCH3 is 1. The highest BCUT2D eigenvalue weighted by atomic mass is 79.9. The van der Waals surface area contributed by atoms with Gasteiger partial charge in [0.15, 0.2) is 10.9 Å². The first kappa shape index (κ1) is 25.7.